The lowest BCUT2D eigenvalue weighted by Crippen LogP contribution is -2.08. The quantitative estimate of drug-likeness (QED) is 0.632. The minimum atomic E-state index is 0.573. The van der Waals surface area contributed by atoms with Crippen molar-refractivity contribution >= 4 is 28.8 Å². The average molecular weight is 272 g/mol. The second-order valence-corrected chi connectivity index (χ2v) is 5.10. The molecule has 94 valence electrons. The number of rotatable bonds is 6. The van der Waals surface area contributed by atoms with Gasteiger partial charge in [0.1, 0.15) is 5.75 Å². The van der Waals surface area contributed by atoms with E-state index in [1.807, 2.05) is 26.0 Å². The molecule has 17 heavy (non-hydrogen) atoms. The number of unbranched alkanes of at least 4 members (excludes halogenated alkanes) is 1. The van der Waals surface area contributed by atoms with E-state index in [1.165, 1.54) is 0 Å². The SMILES string of the molecule is Cc1cc(Cl)cc(C)c1OCCCCC(N)=S. The summed E-state index contributed by atoms with van der Waals surface area (Å²) in [6, 6.07) is 3.83. The number of thiocarbonyl (C=S) groups is 1. The number of hydrogen-bond donors (Lipinski definition) is 1. The van der Waals surface area contributed by atoms with Crippen LogP contribution < -0.4 is 10.5 Å². The third-order valence-corrected chi connectivity index (χ3v) is 2.91. The molecule has 1 aromatic carbocycles. The average Bonchev–Trinajstić information content (AvgIpc) is 2.20. The summed E-state index contributed by atoms with van der Waals surface area (Å²) in [5.74, 6) is 0.935. The van der Waals surface area contributed by atoms with Crippen molar-refractivity contribution in [2.75, 3.05) is 6.61 Å². The molecule has 0 fully saturated rings. The number of hydrogen-bond acceptors (Lipinski definition) is 2. The van der Waals surface area contributed by atoms with E-state index < -0.39 is 0 Å². The van der Waals surface area contributed by atoms with Crippen LogP contribution >= 0.6 is 23.8 Å². The van der Waals surface area contributed by atoms with Crippen LogP contribution in [0.2, 0.25) is 5.02 Å². The molecule has 0 bridgehead atoms. The van der Waals surface area contributed by atoms with E-state index in [0.29, 0.717) is 11.6 Å². The molecule has 0 radical (unpaired) electrons. The molecule has 2 nitrogen and oxygen atoms in total. The lowest BCUT2D eigenvalue weighted by molar-refractivity contribution is 0.304. The summed E-state index contributed by atoms with van der Waals surface area (Å²) < 4.78 is 5.76. The van der Waals surface area contributed by atoms with E-state index in [-0.39, 0.29) is 0 Å². The maximum atomic E-state index is 5.96. The fourth-order valence-corrected chi connectivity index (χ4v) is 2.17. The van der Waals surface area contributed by atoms with Gasteiger partial charge in [0.2, 0.25) is 0 Å². The molecule has 0 saturated carbocycles. The predicted molar refractivity (Wildman–Crippen MR) is 77.1 cm³/mol. The largest absolute Gasteiger partial charge is 0.493 e. The molecule has 0 unspecified atom stereocenters. The Balaban J connectivity index is 2.44. The van der Waals surface area contributed by atoms with Gasteiger partial charge in [0.25, 0.3) is 0 Å². The van der Waals surface area contributed by atoms with Crippen LogP contribution in [0.25, 0.3) is 0 Å². The minimum absolute atomic E-state index is 0.573. The van der Waals surface area contributed by atoms with E-state index in [4.69, 9.17) is 34.3 Å². The second kappa shape index (κ2) is 6.82. The highest BCUT2D eigenvalue weighted by Gasteiger charge is 2.05. The Kier molecular flexibility index (Phi) is 5.72. The van der Waals surface area contributed by atoms with Gasteiger partial charge in [-0.1, -0.05) is 23.8 Å². The third-order valence-electron chi connectivity index (χ3n) is 2.49. The van der Waals surface area contributed by atoms with E-state index in [1.54, 1.807) is 0 Å². The van der Waals surface area contributed by atoms with Crippen LogP contribution in [0.3, 0.4) is 0 Å². The Labute approximate surface area is 113 Å². The normalized spacial score (nSPS) is 10.3. The lowest BCUT2D eigenvalue weighted by atomic mass is 10.1. The summed E-state index contributed by atoms with van der Waals surface area (Å²) in [7, 11) is 0. The molecule has 0 aliphatic rings. The maximum Gasteiger partial charge on any atom is 0.125 e. The topological polar surface area (TPSA) is 35.2 Å². The Bertz CT molecular complexity index is 383. The van der Waals surface area contributed by atoms with E-state index in [2.05, 4.69) is 0 Å². The van der Waals surface area contributed by atoms with E-state index >= 15 is 0 Å². The molecule has 0 atom stereocenters. The molecule has 0 heterocycles. The summed E-state index contributed by atoms with van der Waals surface area (Å²) >= 11 is 10.8. The van der Waals surface area contributed by atoms with Gasteiger partial charge in [-0.05, 0) is 56.4 Å². The molecule has 1 aromatic rings. The van der Waals surface area contributed by atoms with Crippen molar-refractivity contribution in [3.05, 3.63) is 28.3 Å². The zero-order valence-electron chi connectivity index (χ0n) is 10.3. The first-order valence-electron chi connectivity index (χ1n) is 5.68. The number of aryl methyl sites for hydroxylation is 2. The van der Waals surface area contributed by atoms with Gasteiger partial charge in [0.05, 0.1) is 11.6 Å². The van der Waals surface area contributed by atoms with Crippen molar-refractivity contribution in [3.63, 3.8) is 0 Å². The molecular formula is C13H18ClNOS. The smallest absolute Gasteiger partial charge is 0.125 e. The highest BCUT2D eigenvalue weighted by Crippen LogP contribution is 2.27. The van der Waals surface area contributed by atoms with Crippen LogP contribution in [-0.2, 0) is 0 Å². The Morgan fingerprint density at radius 1 is 1.29 bits per heavy atom. The first kappa shape index (κ1) is 14.3. The highest BCUT2D eigenvalue weighted by molar-refractivity contribution is 7.80. The minimum Gasteiger partial charge on any atom is -0.493 e. The number of ether oxygens (including phenoxy) is 1. The van der Waals surface area contributed by atoms with Gasteiger partial charge in [-0.3, -0.25) is 0 Å². The van der Waals surface area contributed by atoms with Gasteiger partial charge in [0.15, 0.2) is 0 Å². The van der Waals surface area contributed by atoms with E-state index in [0.717, 1.165) is 41.2 Å². The lowest BCUT2D eigenvalue weighted by Gasteiger charge is -2.12. The molecule has 0 aromatic heterocycles. The molecule has 0 amide bonds. The van der Waals surface area contributed by atoms with Crippen LogP contribution in [0.5, 0.6) is 5.75 Å². The first-order chi connectivity index (χ1) is 8.00. The molecule has 4 heteroatoms. The van der Waals surface area contributed by atoms with Crippen molar-refractivity contribution < 1.29 is 4.74 Å². The van der Waals surface area contributed by atoms with Gasteiger partial charge in [0, 0.05) is 5.02 Å². The van der Waals surface area contributed by atoms with Crippen LogP contribution in [-0.4, -0.2) is 11.6 Å². The number of benzene rings is 1. The van der Waals surface area contributed by atoms with Crippen molar-refractivity contribution in [1.29, 1.82) is 0 Å². The third kappa shape index (κ3) is 4.92. The van der Waals surface area contributed by atoms with Crippen molar-refractivity contribution in [2.24, 2.45) is 5.73 Å². The van der Waals surface area contributed by atoms with Gasteiger partial charge >= 0.3 is 0 Å². The Morgan fingerprint density at radius 3 is 2.41 bits per heavy atom. The maximum absolute atomic E-state index is 5.96. The zero-order chi connectivity index (χ0) is 12.8. The van der Waals surface area contributed by atoms with Crippen LogP contribution in [0, 0.1) is 13.8 Å². The van der Waals surface area contributed by atoms with Crippen molar-refractivity contribution in [1.82, 2.24) is 0 Å². The number of nitrogens with two attached hydrogens (primary N) is 1. The van der Waals surface area contributed by atoms with Crippen molar-refractivity contribution in [3.8, 4) is 5.75 Å². The Hall–Kier alpha value is -0.800. The van der Waals surface area contributed by atoms with Crippen LogP contribution in [0.1, 0.15) is 30.4 Å². The van der Waals surface area contributed by atoms with Crippen molar-refractivity contribution in [2.45, 2.75) is 33.1 Å². The molecule has 0 spiro atoms. The molecule has 1 rings (SSSR count). The zero-order valence-corrected chi connectivity index (χ0v) is 11.8. The van der Waals surface area contributed by atoms with Gasteiger partial charge < -0.3 is 10.5 Å². The summed E-state index contributed by atoms with van der Waals surface area (Å²) in [4.78, 5) is 0.573. The second-order valence-electron chi connectivity index (χ2n) is 4.14. The summed E-state index contributed by atoms with van der Waals surface area (Å²) in [6.07, 6.45) is 2.72. The first-order valence-corrected chi connectivity index (χ1v) is 6.47. The molecule has 0 saturated heterocycles. The van der Waals surface area contributed by atoms with Gasteiger partial charge in [-0.2, -0.15) is 0 Å². The van der Waals surface area contributed by atoms with Crippen LogP contribution in [0.4, 0.5) is 0 Å². The summed E-state index contributed by atoms with van der Waals surface area (Å²) in [5, 5.41) is 0.751. The van der Waals surface area contributed by atoms with E-state index in [9.17, 15) is 0 Å². The highest BCUT2D eigenvalue weighted by atomic mass is 35.5. The molecule has 0 aliphatic heterocycles. The standard InChI is InChI=1S/C13H18ClNOS/c1-9-7-11(14)8-10(2)13(9)16-6-4-3-5-12(15)17/h7-8H,3-6H2,1-2H3,(H2,15,17). The molecule has 0 aliphatic carbocycles. The number of halogens is 1. The molecular weight excluding hydrogens is 254 g/mol. The summed E-state index contributed by atoms with van der Waals surface area (Å²) in [6.45, 7) is 4.69. The van der Waals surface area contributed by atoms with Crippen LogP contribution in [0.15, 0.2) is 12.1 Å². The fraction of sp³-hybridized carbons (Fsp3) is 0.462. The fourth-order valence-electron chi connectivity index (χ4n) is 1.70. The molecule has 2 N–H and O–H groups in total. The van der Waals surface area contributed by atoms with Gasteiger partial charge in [-0.25, -0.2) is 0 Å². The predicted octanol–water partition coefficient (Wildman–Crippen LogP) is 3.79. The monoisotopic (exact) mass is 271 g/mol. The van der Waals surface area contributed by atoms with Gasteiger partial charge in [-0.15, -0.1) is 0 Å². The Morgan fingerprint density at radius 2 is 1.88 bits per heavy atom. The summed E-state index contributed by atoms with van der Waals surface area (Å²) in [5.41, 5.74) is 7.57.